The second kappa shape index (κ2) is 13.8. The largest absolute Gasteiger partial charge is 0.495 e. The zero-order chi connectivity index (χ0) is 31.0. The molecular formula is C30H27ClN4O7S. The number of benzene rings is 4. The summed E-state index contributed by atoms with van der Waals surface area (Å²) in [5.41, 5.74) is 4.85. The molecule has 0 fully saturated rings. The summed E-state index contributed by atoms with van der Waals surface area (Å²) in [5, 5.41) is 14.9. The summed E-state index contributed by atoms with van der Waals surface area (Å²) in [5.74, 6) is 0.242. The monoisotopic (exact) mass is 622 g/mol. The first kappa shape index (κ1) is 31.0. The van der Waals surface area contributed by atoms with Crippen molar-refractivity contribution < 1.29 is 27.6 Å². The summed E-state index contributed by atoms with van der Waals surface area (Å²) >= 11 is 6.25. The number of aryl methyl sites for hydroxylation is 1. The summed E-state index contributed by atoms with van der Waals surface area (Å²) in [6.45, 7) is 1.50. The second-order valence-corrected chi connectivity index (χ2v) is 11.5. The first-order valence-corrected chi connectivity index (χ1v) is 14.6. The van der Waals surface area contributed by atoms with Crippen molar-refractivity contribution >= 4 is 45.1 Å². The molecule has 4 aromatic rings. The van der Waals surface area contributed by atoms with Crippen LogP contribution in [-0.2, 0) is 21.4 Å². The third-order valence-electron chi connectivity index (χ3n) is 6.16. The summed E-state index contributed by atoms with van der Waals surface area (Å²) in [4.78, 5) is 23.2. The fraction of sp³-hybridized carbons (Fsp3) is 0.133. The molecule has 13 heteroatoms. The normalized spacial score (nSPS) is 11.2. The number of rotatable bonds is 12. The molecule has 0 bridgehead atoms. The minimum Gasteiger partial charge on any atom is -0.495 e. The van der Waals surface area contributed by atoms with E-state index in [-0.39, 0.29) is 27.9 Å². The van der Waals surface area contributed by atoms with Crippen LogP contribution in [-0.4, -0.2) is 39.1 Å². The minimum atomic E-state index is -4.14. The van der Waals surface area contributed by atoms with Gasteiger partial charge in [0.05, 0.1) is 33.9 Å². The molecule has 0 aliphatic carbocycles. The molecule has 0 aromatic heterocycles. The molecule has 4 rings (SSSR count). The van der Waals surface area contributed by atoms with E-state index < -0.39 is 27.4 Å². The van der Waals surface area contributed by atoms with Crippen molar-refractivity contribution in [1.82, 2.24) is 5.43 Å². The van der Waals surface area contributed by atoms with Gasteiger partial charge in [-0.25, -0.2) is 13.8 Å². The Morgan fingerprint density at radius 2 is 1.70 bits per heavy atom. The highest BCUT2D eigenvalue weighted by Gasteiger charge is 2.28. The van der Waals surface area contributed by atoms with E-state index in [1.165, 1.54) is 55.8 Å². The molecule has 0 radical (unpaired) electrons. The lowest BCUT2D eigenvalue weighted by Crippen LogP contribution is -2.39. The van der Waals surface area contributed by atoms with Gasteiger partial charge in [0.15, 0.2) is 0 Å². The number of methoxy groups -OCH3 is 1. The zero-order valence-electron chi connectivity index (χ0n) is 23.1. The van der Waals surface area contributed by atoms with E-state index in [0.717, 1.165) is 15.4 Å². The molecule has 0 saturated carbocycles. The molecule has 0 spiro atoms. The number of non-ortho nitro benzene ring substituents is 1. The first-order valence-electron chi connectivity index (χ1n) is 12.8. The maximum atomic E-state index is 13.6. The van der Waals surface area contributed by atoms with Crippen LogP contribution < -0.4 is 19.2 Å². The van der Waals surface area contributed by atoms with Gasteiger partial charge in [-0.3, -0.25) is 19.2 Å². The van der Waals surface area contributed by atoms with Gasteiger partial charge < -0.3 is 9.47 Å². The highest BCUT2D eigenvalue weighted by atomic mass is 35.5. The number of carbonyl (C=O) groups excluding carboxylic acids is 1. The number of nitrogens with one attached hydrogen (secondary N) is 1. The number of hydrogen-bond acceptors (Lipinski definition) is 8. The van der Waals surface area contributed by atoms with Gasteiger partial charge in [-0.2, -0.15) is 5.10 Å². The molecule has 0 saturated heterocycles. The van der Waals surface area contributed by atoms with E-state index in [0.29, 0.717) is 17.1 Å². The van der Waals surface area contributed by atoms with E-state index in [9.17, 15) is 23.3 Å². The van der Waals surface area contributed by atoms with Crippen molar-refractivity contribution in [2.75, 3.05) is 18.0 Å². The van der Waals surface area contributed by atoms with Crippen LogP contribution in [0.4, 0.5) is 11.4 Å². The Hall–Kier alpha value is -4.94. The number of carbonyl (C=O) groups is 1. The SMILES string of the molecule is COc1ccc(N(CC(=O)N/N=C\c2ccc(OCc3ccc([N+](=O)[O-])cc3)cc2)S(=O)(=O)c2ccc(C)cc2)cc1Cl. The molecule has 0 unspecified atom stereocenters. The number of amides is 1. The predicted octanol–water partition coefficient (Wildman–Crippen LogP) is 5.49. The van der Waals surface area contributed by atoms with Crippen LogP contribution >= 0.6 is 11.6 Å². The van der Waals surface area contributed by atoms with E-state index in [1.54, 1.807) is 48.5 Å². The summed E-state index contributed by atoms with van der Waals surface area (Å²) in [6, 6.07) is 23.6. The maximum absolute atomic E-state index is 13.6. The zero-order valence-corrected chi connectivity index (χ0v) is 24.7. The van der Waals surface area contributed by atoms with E-state index >= 15 is 0 Å². The number of hydrogen-bond donors (Lipinski definition) is 1. The van der Waals surface area contributed by atoms with Crippen molar-refractivity contribution in [3.8, 4) is 11.5 Å². The molecule has 1 N–H and O–H groups in total. The van der Waals surface area contributed by atoms with Crippen molar-refractivity contribution in [3.05, 3.63) is 123 Å². The Kier molecular flexibility index (Phi) is 9.96. The van der Waals surface area contributed by atoms with Crippen LogP contribution in [0.1, 0.15) is 16.7 Å². The Bertz CT molecular complexity index is 1730. The maximum Gasteiger partial charge on any atom is 0.269 e. The lowest BCUT2D eigenvalue weighted by molar-refractivity contribution is -0.384. The highest BCUT2D eigenvalue weighted by Crippen LogP contribution is 2.32. The lowest BCUT2D eigenvalue weighted by Gasteiger charge is -2.24. The number of sulfonamides is 1. The lowest BCUT2D eigenvalue weighted by atomic mass is 10.2. The van der Waals surface area contributed by atoms with Gasteiger partial charge in [0, 0.05) is 12.1 Å². The minimum absolute atomic E-state index is 0.00482. The fourth-order valence-electron chi connectivity index (χ4n) is 3.84. The van der Waals surface area contributed by atoms with Gasteiger partial charge >= 0.3 is 0 Å². The van der Waals surface area contributed by atoms with Crippen LogP contribution in [0.15, 0.2) is 101 Å². The van der Waals surface area contributed by atoms with Crippen molar-refractivity contribution in [1.29, 1.82) is 0 Å². The van der Waals surface area contributed by atoms with Gasteiger partial charge in [0.1, 0.15) is 24.7 Å². The first-order chi connectivity index (χ1) is 20.6. The van der Waals surface area contributed by atoms with Crippen LogP contribution in [0.3, 0.4) is 0 Å². The van der Waals surface area contributed by atoms with Crippen LogP contribution in [0.5, 0.6) is 11.5 Å². The molecule has 0 aliphatic heterocycles. The molecule has 11 nitrogen and oxygen atoms in total. The molecule has 0 aliphatic rings. The average molecular weight is 623 g/mol. The van der Waals surface area contributed by atoms with Crippen LogP contribution in [0.25, 0.3) is 0 Å². The molecule has 0 heterocycles. The number of nitro groups is 1. The Balaban J connectivity index is 1.41. The molecule has 43 heavy (non-hydrogen) atoms. The Morgan fingerprint density at radius 3 is 2.30 bits per heavy atom. The van der Waals surface area contributed by atoms with Crippen molar-refractivity contribution in [2.45, 2.75) is 18.4 Å². The van der Waals surface area contributed by atoms with Crippen LogP contribution in [0, 0.1) is 17.0 Å². The van der Waals surface area contributed by atoms with E-state index in [4.69, 9.17) is 21.1 Å². The van der Waals surface area contributed by atoms with Gasteiger partial charge in [-0.05, 0) is 84.8 Å². The second-order valence-electron chi connectivity index (χ2n) is 9.22. The highest BCUT2D eigenvalue weighted by molar-refractivity contribution is 7.92. The number of halogens is 1. The van der Waals surface area contributed by atoms with Gasteiger partial charge in [-0.15, -0.1) is 0 Å². The van der Waals surface area contributed by atoms with Gasteiger partial charge in [-0.1, -0.05) is 29.3 Å². The van der Waals surface area contributed by atoms with Crippen molar-refractivity contribution in [2.24, 2.45) is 5.10 Å². The summed E-state index contributed by atoms with van der Waals surface area (Å²) in [6.07, 6.45) is 1.40. The number of ether oxygens (including phenoxy) is 2. The molecule has 1 amide bonds. The Labute approximate surface area is 253 Å². The topological polar surface area (TPSA) is 140 Å². The van der Waals surface area contributed by atoms with E-state index in [1.807, 2.05) is 6.92 Å². The number of hydrazone groups is 1. The third-order valence-corrected chi connectivity index (χ3v) is 8.24. The summed E-state index contributed by atoms with van der Waals surface area (Å²) < 4.78 is 38.9. The number of nitrogens with zero attached hydrogens (tertiary/aromatic N) is 3. The third kappa shape index (κ3) is 8.09. The van der Waals surface area contributed by atoms with Gasteiger partial charge in [0.2, 0.25) is 0 Å². The molecule has 0 atom stereocenters. The van der Waals surface area contributed by atoms with Crippen molar-refractivity contribution in [3.63, 3.8) is 0 Å². The molecule has 4 aromatic carbocycles. The summed E-state index contributed by atoms with van der Waals surface area (Å²) in [7, 11) is -2.70. The smallest absolute Gasteiger partial charge is 0.269 e. The predicted molar refractivity (Wildman–Crippen MR) is 163 cm³/mol. The number of nitro benzene ring substituents is 1. The van der Waals surface area contributed by atoms with Crippen LogP contribution in [0.2, 0.25) is 5.02 Å². The fourth-order valence-corrected chi connectivity index (χ4v) is 5.50. The molecule has 222 valence electrons. The van der Waals surface area contributed by atoms with Gasteiger partial charge in [0.25, 0.3) is 21.6 Å². The molecular weight excluding hydrogens is 596 g/mol. The standard InChI is InChI=1S/C30H27ClN4O7S/c1-21-3-14-27(15-4-21)43(39,40)34(25-11-16-29(41-2)28(31)17-25)19-30(36)33-32-18-22-7-12-26(13-8-22)42-20-23-5-9-24(10-6-23)35(37)38/h3-18H,19-20H2,1-2H3,(H,33,36)/b32-18-. The van der Waals surface area contributed by atoms with E-state index in [2.05, 4.69) is 10.5 Å². The Morgan fingerprint density at radius 1 is 1.02 bits per heavy atom. The average Bonchev–Trinajstić information content (AvgIpc) is 3.00. The quantitative estimate of drug-likeness (QED) is 0.125. The number of anilines is 1.